The number of anilines is 1. The quantitative estimate of drug-likeness (QED) is 0.837. The van der Waals surface area contributed by atoms with Crippen LogP contribution < -0.4 is 10.5 Å². The average Bonchev–Trinajstić information content (AvgIpc) is 2.32. The first-order valence-corrected chi connectivity index (χ1v) is 5.76. The SMILES string of the molecule is Cc1ccc(N)cc1OCc1ccc(Cl)cc1. The normalized spacial score (nSPS) is 10.2. The Labute approximate surface area is 106 Å². The molecule has 0 aliphatic heterocycles. The molecule has 0 saturated carbocycles. The lowest BCUT2D eigenvalue weighted by Gasteiger charge is -2.09. The molecule has 2 aromatic carbocycles. The van der Waals surface area contributed by atoms with Crippen molar-refractivity contribution in [3.8, 4) is 5.75 Å². The lowest BCUT2D eigenvalue weighted by molar-refractivity contribution is 0.304. The summed E-state index contributed by atoms with van der Waals surface area (Å²) in [4.78, 5) is 0. The van der Waals surface area contributed by atoms with Crippen LogP contribution in [0.25, 0.3) is 0 Å². The van der Waals surface area contributed by atoms with Crippen molar-refractivity contribution in [2.24, 2.45) is 0 Å². The van der Waals surface area contributed by atoms with Crippen LogP contribution in [-0.4, -0.2) is 0 Å². The summed E-state index contributed by atoms with van der Waals surface area (Å²) in [5.74, 6) is 0.819. The number of nitrogens with two attached hydrogens (primary N) is 1. The fourth-order valence-corrected chi connectivity index (χ4v) is 1.64. The van der Waals surface area contributed by atoms with E-state index in [1.54, 1.807) is 0 Å². The minimum atomic E-state index is 0.515. The number of halogens is 1. The van der Waals surface area contributed by atoms with Gasteiger partial charge in [0.2, 0.25) is 0 Å². The molecule has 2 aromatic rings. The molecule has 88 valence electrons. The molecule has 0 heterocycles. The van der Waals surface area contributed by atoms with Gasteiger partial charge < -0.3 is 10.5 Å². The molecule has 2 nitrogen and oxygen atoms in total. The Morgan fingerprint density at radius 2 is 1.82 bits per heavy atom. The monoisotopic (exact) mass is 247 g/mol. The molecule has 0 aliphatic carbocycles. The largest absolute Gasteiger partial charge is 0.489 e. The average molecular weight is 248 g/mol. The zero-order valence-electron chi connectivity index (χ0n) is 9.61. The lowest BCUT2D eigenvalue weighted by Crippen LogP contribution is -1.97. The number of aryl methyl sites for hydroxylation is 1. The number of ether oxygens (including phenoxy) is 1. The Morgan fingerprint density at radius 1 is 1.12 bits per heavy atom. The standard InChI is InChI=1S/C14H14ClNO/c1-10-2-7-13(16)8-14(10)17-9-11-3-5-12(15)6-4-11/h2-8H,9,16H2,1H3. The maximum atomic E-state index is 5.82. The highest BCUT2D eigenvalue weighted by Crippen LogP contribution is 2.22. The second kappa shape index (κ2) is 5.11. The minimum Gasteiger partial charge on any atom is -0.489 e. The molecule has 0 saturated heterocycles. The van der Waals surface area contributed by atoms with E-state index in [-0.39, 0.29) is 0 Å². The summed E-state index contributed by atoms with van der Waals surface area (Å²) >= 11 is 5.82. The van der Waals surface area contributed by atoms with Gasteiger partial charge in [0.05, 0.1) is 0 Å². The summed E-state index contributed by atoms with van der Waals surface area (Å²) in [5.41, 5.74) is 8.59. The van der Waals surface area contributed by atoms with Gasteiger partial charge in [0, 0.05) is 16.8 Å². The van der Waals surface area contributed by atoms with Gasteiger partial charge in [-0.3, -0.25) is 0 Å². The third-order valence-electron chi connectivity index (χ3n) is 2.52. The fraction of sp³-hybridized carbons (Fsp3) is 0.143. The highest BCUT2D eigenvalue weighted by Gasteiger charge is 2.01. The van der Waals surface area contributed by atoms with Gasteiger partial charge >= 0.3 is 0 Å². The van der Waals surface area contributed by atoms with Crippen molar-refractivity contribution < 1.29 is 4.74 Å². The van der Waals surface area contributed by atoms with E-state index < -0.39 is 0 Å². The lowest BCUT2D eigenvalue weighted by atomic mass is 10.2. The first-order valence-electron chi connectivity index (χ1n) is 5.38. The maximum absolute atomic E-state index is 5.82. The molecule has 0 fully saturated rings. The van der Waals surface area contributed by atoms with Crippen molar-refractivity contribution in [3.05, 3.63) is 58.6 Å². The van der Waals surface area contributed by atoms with Crippen LogP contribution in [-0.2, 0) is 6.61 Å². The number of rotatable bonds is 3. The first-order chi connectivity index (χ1) is 8.15. The summed E-state index contributed by atoms with van der Waals surface area (Å²) in [6.45, 7) is 2.51. The molecule has 0 unspecified atom stereocenters. The first kappa shape index (κ1) is 11.8. The van der Waals surface area contributed by atoms with Crippen molar-refractivity contribution >= 4 is 17.3 Å². The third-order valence-corrected chi connectivity index (χ3v) is 2.77. The van der Waals surface area contributed by atoms with Gasteiger partial charge in [0.15, 0.2) is 0 Å². The fourth-order valence-electron chi connectivity index (χ4n) is 1.51. The van der Waals surface area contributed by atoms with Gasteiger partial charge in [-0.05, 0) is 36.2 Å². The maximum Gasteiger partial charge on any atom is 0.124 e. The van der Waals surface area contributed by atoms with E-state index in [9.17, 15) is 0 Å². The summed E-state index contributed by atoms with van der Waals surface area (Å²) < 4.78 is 5.72. The van der Waals surface area contributed by atoms with E-state index >= 15 is 0 Å². The molecule has 0 radical (unpaired) electrons. The Bertz CT molecular complexity index is 508. The molecule has 0 aromatic heterocycles. The van der Waals surface area contributed by atoms with Crippen LogP contribution in [0, 0.1) is 6.92 Å². The molecule has 0 bridgehead atoms. The van der Waals surface area contributed by atoms with Crippen LogP contribution in [0.5, 0.6) is 5.75 Å². The molecular weight excluding hydrogens is 234 g/mol. The van der Waals surface area contributed by atoms with Gasteiger partial charge in [-0.25, -0.2) is 0 Å². The minimum absolute atomic E-state index is 0.515. The van der Waals surface area contributed by atoms with Crippen molar-refractivity contribution in [1.82, 2.24) is 0 Å². The van der Waals surface area contributed by atoms with Crippen molar-refractivity contribution in [2.75, 3.05) is 5.73 Å². The zero-order chi connectivity index (χ0) is 12.3. The van der Waals surface area contributed by atoms with E-state index in [0.29, 0.717) is 12.3 Å². The molecule has 2 N–H and O–H groups in total. The second-order valence-corrected chi connectivity index (χ2v) is 4.38. The highest BCUT2D eigenvalue weighted by molar-refractivity contribution is 6.30. The van der Waals surface area contributed by atoms with E-state index in [1.807, 2.05) is 49.4 Å². The molecule has 0 aliphatic rings. The van der Waals surface area contributed by atoms with Crippen LogP contribution in [0.4, 0.5) is 5.69 Å². The Morgan fingerprint density at radius 3 is 2.53 bits per heavy atom. The predicted molar refractivity (Wildman–Crippen MR) is 71.4 cm³/mol. The predicted octanol–water partition coefficient (Wildman–Crippen LogP) is 3.81. The van der Waals surface area contributed by atoms with Crippen LogP contribution in [0.1, 0.15) is 11.1 Å². The summed E-state index contributed by atoms with van der Waals surface area (Å²) in [5, 5.41) is 0.730. The van der Waals surface area contributed by atoms with Crippen molar-refractivity contribution in [2.45, 2.75) is 13.5 Å². The van der Waals surface area contributed by atoms with Crippen LogP contribution in [0.3, 0.4) is 0 Å². The number of hydrogen-bond acceptors (Lipinski definition) is 2. The topological polar surface area (TPSA) is 35.2 Å². The Balaban J connectivity index is 2.07. The van der Waals surface area contributed by atoms with E-state index in [1.165, 1.54) is 0 Å². The summed E-state index contributed by atoms with van der Waals surface area (Å²) in [7, 11) is 0. The number of nitrogen functional groups attached to an aromatic ring is 1. The summed E-state index contributed by atoms with van der Waals surface area (Å²) in [6, 6.07) is 13.3. The van der Waals surface area contributed by atoms with Gasteiger partial charge in [0.1, 0.15) is 12.4 Å². The second-order valence-electron chi connectivity index (χ2n) is 3.94. The number of hydrogen-bond donors (Lipinski definition) is 1. The van der Waals surface area contributed by atoms with E-state index in [0.717, 1.165) is 21.9 Å². The molecule has 17 heavy (non-hydrogen) atoms. The van der Waals surface area contributed by atoms with E-state index in [4.69, 9.17) is 22.1 Å². The number of benzene rings is 2. The molecule has 0 amide bonds. The molecule has 0 atom stereocenters. The van der Waals surface area contributed by atoms with Crippen LogP contribution >= 0.6 is 11.6 Å². The van der Waals surface area contributed by atoms with Crippen molar-refractivity contribution in [3.63, 3.8) is 0 Å². The van der Waals surface area contributed by atoms with Gasteiger partial charge in [-0.2, -0.15) is 0 Å². The van der Waals surface area contributed by atoms with Gasteiger partial charge in [-0.1, -0.05) is 29.8 Å². The zero-order valence-corrected chi connectivity index (χ0v) is 10.4. The third kappa shape index (κ3) is 3.14. The molecule has 3 heteroatoms. The molecule has 2 rings (SSSR count). The highest BCUT2D eigenvalue weighted by atomic mass is 35.5. The Hall–Kier alpha value is -1.67. The van der Waals surface area contributed by atoms with Crippen LogP contribution in [0.15, 0.2) is 42.5 Å². The van der Waals surface area contributed by atoms with Gasteiger partial charge in [-0.15, -0.1) is 0 Å². The smallest absolute Gasteiger partial charge is 0.124 e. The van der Waals surface area contributed by atoms with E-state index in [2.05, 4.69) is 0 Å². The molecular formula is C14H14ClNO. The van der Waals surface area contributed by atoms with Crippen LogP contribution in [0.2, 0.25) is 5.02 Å². The van der Waals surface area contributed by atoms with Gasteiger partial charge in [0.25, 0.3) is 0 Å². The van der Waals surface area contributed by atoms with Crippen molar-refractivity contribution in [1.29, 1.82) is 0 Å². The summed E-state index contributed by atoms with van der Waals surface area (Å²) in [6.07, 6.45) is 0. The molecule has 0 spiro atoms. The Kier molecular flexibility index (Phi) is 3.55.